The average molecular weight is 500 g/mol. The van der Waals surface area contributed by atoms with Crippen LogP contribution >= 0.6 is 0 Å². The molecular formula is C27H31F2N3O4. The Morgan fingerprint density at radius 2 is 1.97 bits per heavy atom. The van der Waals surface area contributed by atoms with Crippen molar-refractivity contribution in [3.8, 4) is 5.75 Å². The van der Waals surface area contributed by atoms with Gasteiger partial charge in [-0.1, -0.05) is 0 Å². The number of carbonyl (C=O) groups is 1. The third kappa shape index (κ3) is 4.90. The summed E-state index contributed by atoms with van der Waals surface area (Å²) < 4.78 is 45.6. The molecule has 36 heavy (non-hydrogen) atoms. The van der Waals surface area contributed by atoms with Crippen molar-refractivity contribution in [2.24, 2.45) is 0 Å². The molecule has 3 heterocycles. The van der Waals surface area contributed by atoms with Crippen LogP contribution in [0.2, 0.25) is 0 Å². The number of methoxy groups -OCH3 is 1. The summed E-state index contributed by atoms with van der Waals surface area (Å²) in [6.45, 7) is 7.03. The van der Waals surface area contributed by atoms with Crippen molar-refractivity contribution >= 4 is 17.0 Å². The average Bonchev–Trinajstić information content (AvgIpc) is 3.37. The predicted molar refractivity (Wildman–Crippen MR) is 131 cm³/mol. The number of hydrogen-bond acceptors (Lipinski definition) is 5. The summed E-state index contributed by atoms with van der Waals surface area (Å²) in [7, 11) is 1.65. The lowest BCUT2D eigenvalue weighted by Crippen LogP contribution is -2.52. The number of rotatable bonds is 4. The molecule has 1 amide bonds. The van der Waals surface area contributed by atoms with E-state index >= 15 is 0 Å². The third-order valence-corrected chi connectivity index (χ3v) is 6.77. The topological polar surface area (TPSA) is 75.8 Å². The summed E-state index contributed by atoms with van der Waals surface area (Å²) in [5.74, 6) is -0.341. The largest absolute Gasteiger partial charge is 0.497 e. The van der Waals surface area contributed by atoms with Gasteiger partial charge < -0.3 is 24.5 Å². The van der Waals surface area contributed by atoms with Gasteiger partial charge in [0.05, 0.1) is 19.8 Å². The maximum atomic E-state index is 14.7. The van der Waals surface area contributed by atoms with E-state index in [-0.39, 0.29) is 11.6 Å². The van der Waals surface area contributed by atoms with E-state index in [1.807, 2.05) is 18.2 Å². The van der Waals surface area contributed by atoms with E-state index < -0.39 is 35.5 Å². The Morgan fingerprint density at radius 1 is 1.17 bits per heavy atom. The van der Waals surface area contributed by atoms with Gasteiger partial charge in [0.15, 0.2) is 0 Å². The van der Waals surface area contributed by atoms with Gasteiger partial charge in [-0.2, -0.15) is 0 Å². The van der Waals surface area contributed by atoms with Gasteiger partial charge in [-0.15, -0.1) is 0 Å². The van der Waals surface area contributed by atoms with Crippen LogP contribution in [-0.4, -0.2) is 47.4 Å². The summed E-state index contributed by atoms with van der Waals surface area (Å²) in [4.78, 5) is 18.4. The molecule has 2 aromatic carbocycles. The zero-order valence-corrected chi connectivity index (χ0v) is 20.9. The highest BCUT2D eigenvalue weighted by Gasteiger charge is 2.40. The number of alkyl carbamates (subject to hydrolysis) is 1. The summed E-state index contributed by atoms with van der Waals surface area (Å²) in [6.07, 6.45) is -0.968. The van der Waals surface area contributed by atoms with Crippen molar-refractivity contribution < 1.29 is 27.8 Å². The molecule has 1 fully saturated rings. The fourth-order valence-corrected chi connectivity index (χ4v) is 5.15. The second-order valence-electron chi connectivity index (χ2n) is 10.5. The van der Waals surface area contributed by atoms with Crippen molar-refractivity contribution in [2.45, 2.75) is 64.1 Å². The van der Waals surface area contributed by atoms with Crippen molar-refractivity contribution in [3.05, 3.63) is 64.9 Å². The van der Waals surface area contributed by atoms with Crippen LogP contribution in [0, 0.1) is 11.6 Å². The second kappa shape index (κ2) is 9.37. The zero-order chi connectivity index (χ0) is 25.6. The Labute approximate surface area is 208 Å². The van der Waals surface area contributed by atoms with Crippen LogP contribution < -0.4 is 10.1 Å². The molecule has 2 aliphatic heterocycles. The molecule has 9 heteroatoms. The lowest BCUT2D eigenvalue weighted by atomic mass is 9.92. The molecule has 7 nitrogen and oxygen atoms in total. The number of H-pyrrole nitrogens is 1. The minimum absolute atomic E-state index is 0.0423. The van der Waals surface area contributed by atoms with Gasteiger partial charge in [-0.3, -0.25) is 4.90 Å². The molecule has 0 saturated carbocycles. The first kappa shape index (κ1) is 24.5. The number of nitrogens with zero attached hydrogens (tertiary/aromatic N) is 1. The summed E-state index contributed by atoms with van der Waals surface area (Å²) in [5, 5.41) is 3.97. The molecule has 0 bridgehead atoms. The quantitative estimate of drug-likeness (QED) is 0.517. The molecule has 3 aromatic rings. The Balaban J connectivity index is 1.37. The molecule has 0 radical (unpaired) electrons. The highest BCUT2D eigenvalue weighted by Crippen LogP contribution is 2.38. The number of fused-ring (bicyclic) bond motifs is 3. The van der Waals surface area contributed by atoms with Crippen LogP contribution in [0.25, 0.3) is 10.9 Å². The summed E-state index contributed by atoms with van der Waals surface area (Å²) in [6, 6.07) is 8.60. The lowest BCUT2D eigenvalue weighted by molar-refractivity contribution is -0.0627. The molecule has 2 aliphatic rings. The number of hydrogen-bond donors (Lipinski definition) is 2. The number of ether oxygens (including phenoxy) is 3. The fourth-order valence-electron chi connectivity index (χ4n) is 5.15. The van der Waals surface area contributed by atoms with E-state index in [1.54, 1.807) is 27.9 Å². The number of amides is 1. The first-order chi connectivity index (χ1) is 17.1. The van der Waals surface area contributed by atoms with Crippen molar-refractivity contribution in [3.63, 3.8) is 0 Å². The Morgan fingerprint density at radius 3 is 2.72 bits per heavy atom. The summed E-state index contributed by atoms with van der Waals surface area (Å²) >= 11 is 0. The van der Waals surface area contributed by atoms with E-state index in [9.17, 15) is 13.6 Å². The lowest BCUT2D eigenvalue weighted by Gasteiger charge is -2.40. The molecular weight excluding hydrogens is 468 g/mol. The van der Waals surface area contributed by atoms with E-state index in [0.717, 1.165) is 40.5 Å². The smallest absolute Gasteiger partial charge is 0.407 e. The number of nitrogens with one attached hydrogen (secondary N) is 2. The highest BCUT2D eigenvalue weighted by atomic mass is 19.1. The Bertz CT molecular complexity index is 1290. The molecule has 192 valence electrons. The molecule has 1 saturated heterocycles. The van der Waals surface area contributed by atoms with Crippen LogP contribution in [-0.2, 0) is 22.6 Å². The van der Waals surface area contributed by atoms with Gasteiger partial charge in [-0.25, -0.2) is 13.6 Å². The molecule has 2 N–H and O–H groups in total. The normalized spacial score (nSPS) is 22.4. The molecule has 1 aromatic heterocycles. The standard InChI is InChI=1S/C27H31F2N3O4/c1-27(2,3)36-26(33)31-23-10-16(14-35-25(23)19-9-15(28)5-7-21(19)29)32-12-20-18-11-17(34-4)6-8-22(18)30-24(20)13-32/h5-9,11,16,23,25,30H,10,12-14H2,1-4H3,(H,31,33)/t16-,23+,25-/m1/s1. The number of aromatic amines is 1. The van der Waals surface area contributed by atoms with Crippen LogP contribution in [0.3, 0.4) is 0 Å². The SMILES string of the molecule is COc1ccc2[nH]c3c(c2c1)CN([C@H]1CO[C@H](c2cc(F)ccc2F)[C@@H](NC(=O)OC(C)(C)C)C1)C3. The van der Waals surface area contributed by atoms with E-state index in [2.05, 4.69) is 15.2 Å². The maximum Gasteiger partial charge on any atom is 0.407 e. The molecule has 0 unspecified atom stereocenters. The fraction of sp³-hybridized carbons (Fsp3) is 0.444. The minimum Gasteiger partial charge on any atom is -0.497 e. The van der Waals surface area contributed by atoms with Gasteiger partial charge in [0.1, 0.15) is 29.1 Å². The minimum atomic E-state index is -0.838. The predicted octanol–water partition coefficient (Wildman–Crippen LogP) is 5.19. The Hall–Kier alpha value is -3.17. The molecule has 3 atom stereocenters. The number of carbonyl (C=O) groups excluding carboxylic acids is 1. The van der Waals surface area contributed by atoms with Gasteiger partial charge in [0, 0.05) is 41.3 Å². The van der Waals surface area contributed by atoms with Crippen LogP contribution in [0.15, 0.2) is 36.4 Å². The van der Waals surface area contributed by atoms with Crippen molar-refractivity contribution in [1.82, 2.24) is 15.2 Å². The molecule has 0 spiro atoms. The van der Waals surface area contributed by atoms with Gasteiger partial charge in [0.2, 0.25) is 0 Å². The third-order valence-electron chi connectivity index (χ3n) is 6.77. The zero-order valence-electron chi connectivity index (χ0n) is 20.9. The monoisotopic (exact) mass is 499 g/mol. The van der Waals surface area contributed by atoms with E-state index in [1.165, 1.54) is 5.56 Å². The van der Waals surface area contributed by atoms with Crippen molar-refractivity contribution in [1.29, 1.82) is 0 Å². The summed E-state index contributed by atoms with van der Waals surface area (Å²) in [5.41, 5.74) is 2.79. The van der Waals surface area contributed by atoms with Crippen LogP contribution in [0.4, 0.5) is 13.6 Å². The van der Waals surface area contributed by atoms with Crippen molar-refractivity contribution in [2.75, 3.05) is 13.7 Å². The van der Waals surface area contributed by atoms with Gasteiger partial charge in [0.25, 0.3) is 0 Å². The second-order valence-corrected chi connectivity index (χ2v) is 10.5. The number of benzene rings is 2. The first-order valence-electron chi connectivity index (χ1n) is 12.1. The van der Waals surface area contributed by atoms with E-state index in [4.69, 9.17) is 14.2 Å². The van der Waals surface area contributed by atoms with Crippen LogP contribution in [0.1, 0.15) is 50.1 Å². The molecule has 5 rings (SSSR count). The number of halogens is 2. The highest BCUT2D eigenvalue weighted by molar-refractivity contribution is 5.86. The van der Waals surface area contributed by atoms with E-state index in [0.29, 0.717) is 26.1 Å². The Kier molecular flexibility index (Phi) is 6.38. The van der Waals surface area contributed by atoms with Gasteiger partial charge >= 0.3 is 6.09 Å². The maximum absolute atomic E-state index is 14.7. The first-order valence-corrected chi connectivity index (χ1v) is 12.1. The van der Waals surface area contributed by atoms with Gasteiger partial charge in [-0.05, 0) is 69.2 Å². The van der Waals surface area contributed by atoms with Crippen LogP contribution in [0.5, 0.6) is 5.75 Å². The number of aromatic nitrogens is 1. The molecule has 0 aliphatic carbocycles.